The van der Waals surface area contributed by atoms with E-state index in [1.165, 1.54) is 0 Å². The molecule has 1 atom stereocenters. The number of carbonyl (C=O) groups excluding carboxylic acids is 1. The van der Waals surface area contributed by atoms with E-state index >= 15 is 0 Å². The molecule has 0 unspecified atom stereocenters. The molecule has 1 fully saturated rings. The fourth-order valence-corrected chi connectivity index (χ4v) is 4.99. The molecule has 0 aliphatic carbocycles. The maximum Gasteiger partial charge on any atom is 0.408 e. The number of alkyl carbamates (subject to hydrolysis) is 1. The molecule has 8 nitrogen and oxygen atoms in total. The van der Waals surface area contributed by atoms with Crippen LogP contribution in [0.5, 0.6) is 0 Å². The number of ether oxygens (including phenoxy) is 2. The summed E-state index contributed by atoms with van der Waals surface area (Å²) in [6.45, 7) is 15.0. The van der Waals surface area contributed by atoms with Crippen molar-refractivity contribution in [2.45, 2.75) is 71.6 Å². The molecule has 2 aromatic carbocycles. The Kier molecular flexibility index (Phi) is 8.23. The maximum atomic E-state index is 14.1. The van der Waals surface area contributed by atoms with Gasteiger partial charge in [0.05, 0.1) is 34.8 Å². The summed E-state index contributed by atoms with van der Waals surface area (Å²) < 4.78 is 12.9. The molecule has 1 aliphatic heterocycles. The van der Waals surface area contributed by atoms with E-state index in [0.717, 1.165) is 44.6 Å². The number of hydrogen-bond acceptors (Lipinski definition) is 6. The quantitative estimate of drug-likeness (QED) is 0.471. The molecule has 1 amide bonds. The first-order chi connectivity index (χ1) is 17.9. The Morgan fingerprint density at radius 3 is 2.58 bits per heavy atom. The summed E-state index contributed by atoms with van der Waals surface area (Å²) in [7, 11) is 0. The number of benzene rings is 2. The molecule has 0 spiro atoms. The molecule has 8 heteroatoms. The third-order valence-electron chi connectivity index (χ3n) is 6.57. The van der Waals surface area contributed by atoms with Crippen LogP contribution in [0.2, 0.25) is 0 Å². The van der Waals surface area contributed by atoms with Gasteiger partial charge in [0.25, 0.3) is 5.56 Å². The van der Waals surface area contributed by atoms with Crippen LogP contribution in [0.25, 0.3) is 16.6 Å². The van der Waals surface area contributed by atoms with Gasteiger partial charge in [0.2, 0.25) is 0 Å². The number of amides is 1. The minimum atomic E-state index is -0.633. The minimum Gasteiger partial charge on any atom is -0.444 e. The second-order valence-electron chi connectivity index (χ2n) is 11.6. The van der Waals surface area contributed by atoms with Gasteiger partial charge in [0.1, 0.15) is 11.4 Å². The lowest BCUT2D eigenvalue weighted by molar-refractivity contribution is -0.0859. The van der Waals surface area contributed by atoms with Crippen LogP contribution >= 0.6 is 0 Å². The van der Waals surface area contributed by atoms with E-state index in [2.05, 4.69) is 24.1 Å². The topological polar surface area (TPSA) is 85.7 Å². The second kappa shape index (κ2) is 11.3. The van der Waals surface area contributed by atoms with Crippen molar-refractivity contribution in [2.24, 2.45) is 0 Å². The van der Waals surface area contributed by atoms with Gasteiger partial charge in [-0.3, -0.25) is 14.3 Å². The fraction of sp³-hybridized carbons (Fsp3) is 0.500. The van der Waals surface area contributed by atoms with Crippen molar-refractivity contribution >= 4 is 17.0 Å². The smallest absolute Gasteiger partial charge is 0.408 e. The van der Waals surface area contributed by atoms with Crippen LogP contribution in [0.15, 0.2) is 53.3 Å². The summed E-state index contributed by atoms with van der Waals surface area (Å²) in [5.74, 6) is 0.451. The summed E-state index contributed by atoms with van der Waals surface area (Å²) in [5.41, 5.74) is 1.40. The SMILES string of the molecule is C[C@H](NC(=O)OC(C)(C)C)c1nc2cccc(CCCN3CCOC(C)(C)C3)c2c(=O)n1-c1ccccc1. The highest BCUT2D eigenvalue weighted by molar-refractivity contribution is 5.82. The molecule has 4 rings (SSSR count). The number of nitrogens with zero attached hydrogens (tertiary/aromatic N) is 3. The molecule has 1 N–H and O–H groups in total. The van der Waals surface area contributed by atoms with Crippen molar-refractivity contribution in [3.8, 4) is 5.69 Å². The zero-order valence-electron chi connectivity index (χ0n) is 23.4. The molecule has 0 radical (unpaired) electrons. The lowest BCUT2D eigenvalue weighted by atomic mass is 10.0. The number of carbonyl (C=O) groups is 1. The first kappa shape index (κ1) is 27.8. The molecular weight excluding hydrogens is 480 g/mol. The van der Waals surface area contributed by atoms with Crippen LogP contribution < -0.4 is 10.9 Å². The average molecular weight is 521 g/mol. The maximum absolute atomic E-state index is 14.1. The molecule has 38 heavy (non-hydrogen) atoms. The van der Waals surface area contributed by atoms with Gasteiger partial charge < -0.3 is 14.8 Å². The number of morpholine rings is 1. The number of aryl methyl sites for hydroxylation is 1. The molecule has 3 aromatic rings. The lowest BCUT2D eigenvalue weighted by Crippen LogP contribution is -2.48. The number of hydrogen-bond donors (Lipinski definition) is 1. The Balaban J connectivity index is 1.67. The standard InChI is InChI=1S/C30H40N4O4/c1-21(31-28(36)38-29(2,3)4)26-32-24-16-10-12-22(13-11-17-33-18-19-37-30(5,6)20-33)25(24)27(35)34(26)23-14-8-7-9-15-23/h7-10,12,14-16,21H,11,13,17-20H2,1-6H3,(H,31,36)/t21-/m0/s1. The van der Waals surface area contributed by atoms with Crippen molar-refractivity contribution in [3.05, 3.63) is 70.3 Å². The van der Waals surface area contributed by atoms with Crippen LogP contribution in [0, 0.1) is 0 Å². The normalized spacial score (nSPS) is 16.8. The third kappa shape index (κ3) is 6.79. The van der Waals surface area contributed by atoms with Crippen molar-refractivity contribution in [1.82, 2.24) is 19.8 Å². The van der Waals surface area contributed by atoms with Crippen molar-refractivity contribution in [2.75, 3.05) is 26.2 Å². The summed E-state index contributed by atoms with van der Waals surface area (Å²) in [5, 5.41) is 3.47. The van der Waals surface area contributed by atoms with Gasteiger partial charge in [-0.2, -0.15) is 0 Å². The second-order valence-corrected chi connectivity index (χ2v) is 11.6. The summed E-state index contributed by atoms with van der Waals surface area (Å²) in [6, 6.07) is 14.7. The predicted octanol–water partition coefficient (Wildman–Crippen LogP) is 5.01. The van der Waals surface area contributed by atoms with Gasteiger partial charge in [0, 0.05) is 13.1 Å². The highest BCUT2D eigenvalue weighted by Crippen LogP contribution is 2.22. The summed E-state index contributed by atoms with van der Waals surface area (Å²) in [6.07, 6.45) is 1.14. The van der Waals surface area contributed by atoms with E-state index in [-0.39, 0.29) is 11.2 Å². The van der Waals surface area contributed by atoms with Crippen molar-refractivity contribution in [3.63, 3.8) is 0 Å². The van der Waals surface area contributed by atoms with Crippen molar-refractivity contribution in [1.29, 1.82) is 0 Å². The molecule has 0 saturated carbocycles. The van der Waals surface area contributed by atoms with E-state index in [0.29, 0.717) is 22.4 Å². The fourth-order valence-electron chi connectivity index (χ4n) is 4.99. The number of aromatic nitrogens is 2. The van der Waals surface area contributed by atoms with Gasteiger partial charge >= 0.3 is 6.09 Å². The summed E-state index contributed by atoms with van der Waals surface area (Å²) >= 11 is 0. The van der Waals surface area contributed by atoms with Gasteiger partial charge in [0.15, 0.2) is 0 Å². The zero-order valence-corrected chi connectivity index (χ0v) is 23.4. The first-order valence-electron chi connectivity index (χ1n) is 13.4. The minimum absolute atomic E-state index is 0.133. The Hall–Kier alpha value is -3.23. The third-order valence-corrected chi connectivity index (χ3v) is 6.57. The van der Waals surface area contributed by atoms with Crippen molar-refractivity contribution < 1.29 is 14.3 Å². The Labute approximate surface area is 225 Å². The predicted molar refractivity (Wildman–Crippen MR) is 150 cm³/mol. The highest BCUT2D eigenvalue weighted by atomic mass is 16.6. The van der Waals surface area contributed by atoms with Gasteiger partial charge in [-0.05, 0) is 84.7 Å². The number of para-hydroxylation sites is 1. The van der Waals surface area contributed by atoms with E-state index in [1.807, 2.05) is 76.2 Å². The van der Waals surface area contributed by atoms with E-state index in [9.17, 15) is 9.59 Å². The zero-order chi connectivity index (χ0) is 27.5. The van der Waals surface area contributed by atoms with Crippen LogP contribution in [-0.2, 0) is 15.9 Å². The molecule has 0 bridgehead atoms. The van der Waals surface area contributed by atoms with Crippen LogP contribution in [0.1, 0.15) is 65.4 Å². The Bertz CT molecular complexity index is 1330. The lowest BCUT2D eigenvalue weighted by Gasteiger charge is -2.38. The number of nitrogens with one attached hydrogen (secondary N) is 1. The number of rotatable bonds is 7. The molecule has 2 heterocycles. The van der Waals surface area contributed by atoms with E-state index in [1.54, 1.807) is 4.57 Å². The summed E-state index contributed by atoms with van der Waals surface area (Å²) in [4.78, 5) is 33.9. The van der Waals surface area contributed by atoms with Gasteiger partial charge in [-0.1, -0.05) is 30.3 Å². The molecule has 204 valence electrons. The van der Waals surface area contributed by atoms with Crippen LogP contribution in [0.3, 0.4) is 0 Å². The monoisotopic (exact) mass is 520 g/mol. The largest absolute Gasteiger partial charge is 0.444 e. The van der Waals surface area contributed by atoms with Crippen LogP contribution in [0.4, 0.5) is 4.79 Å². The molecule has 1 aromatic heterocycles. The average Bonchev–Trinajstić information content (AvgIpc) is 2.82. The van der Waals surface area contributed by atoms with Gasteiger partial charge in [-0.25, -0.2) is 9.78 Å². The first-order valence-corrected chi connectivity index (χ1v) is 13.4. The molecule has 1 saturated heterocycles. The Morgan fingerprint density at radius 2 is 1.89 bits per heavy atom. The molecular formula is C30H40N4O4. The highest BCUT2D eigenvalue weighted by Gasteiger charge is 2.27. The van der Waals surface area contributed by atoms with E-state index < -0.39 is 17.7 Å². The molecule has 1 aliphatic rings. The Morgan fingerprint density at radius 1 is 1.16 bits per heavy atom. The van der Waals surface area contributed by atoms with Crippen LogP contribution in [-0.4, -0.2) is 58.0 Å². The van der Waals surface area contributed by atoms with E-state index in [4.69, 9.17) is 14.5 Å². The number of fused-ring (bicyclic) bond motifs is 1. The van der Waals surface area contributed by atoms with Gasteiger partial charge in [-0.15, -0.1) is 0 Å².